The summed E-state index contributed by atoms with van der Waals surface area (Å²) in [5, 5.41) is 13.2. The van der Waals surface area contributed by atoms with E-state index in [1.165, 1.54) is 0 Å². The molecule has 1 atom stereocenters. The maximum absolute atomic E-state index is 10.1. The maximum atomic E-state index is 10.1. The Morgan fingerprint density at radius 2 is 2.06 bits per heavy atom. The molecule has 1 unspecified atom stereocenters. The van der Waals surface area contributed by atoms with Gasteiger partial charge in [-0.2, -0.15) is 0 Å². The molecule has 1 heterocycles. The van der Waals surface area contributed by atoms with Gasteiger partial charge in [0.25, 0.3) is 0 Å². The molecular formula is C12H22N2OS. The number of aliphatic hydroxyl groups is 1. The van der Waals surface area contributed by atoms with Crippen LogP contribution in [0.3, 0.4) is 0 Å². The summed E-state index contributed by atoms with van der Waals surface area (Å²) in [6.45, 7) is 8.65. The monoisotopic (exact) mass is 242 g/mol. The van der Waals surface area contributed by atoms with E-state index < -0.39 is 5.60 Å². The molecule has 1 aromatic heterocycles. The molecule has 4 heteroatoms. The summed E-state index contributed by atoms with van der Waals surface area (Å²) < 4.78 is 0. The first kappa shape index (κ1) is 13.6. The molecule has 0 radical (unpaired) electrons. The first-order valence-electron chi connectivity index (χ1n) is 5.68. The van der Waals surface area contributed by atoms with Gasteiger partial charge >= 0.3 is 0 Å². The minimum absolute atomic E-state index is 0.0712. The van der Waals surface area contributed by atoms with Crippen molar-refractivity contribution < 1.29 is 5.11 Å². The first-order valence-corrected chi connectivity index (χ1v) is 6.56. The Labute approximate surface area is 102 Å². The van der Waals surface area contributed by atoms with Gasteiger partial charge in [0.2, 0.25) is 0 Å². The van der Waals surface area contributed by atoms with E-state index in [0.717, 1.165) is 10.7 Å². The zero-order valence-electron chi connectivity index (χ0n) is 10.6. The van der Waals surface area contributed by atoms with Crippen molar-refractivity contribution in [3.63, 3.8) is 0 Å². The molecule has 0 aliphatic heterocycles. The Morgan fingerprint density at radius 1 is 1.44 bits per heavy atom. The second-order valence-corrected chi connectivity index (χ2v) is 6.28. The molecule has 0 spiro atoms. The summed E-state index contributed by atoms with van der Waals surface area (Å²) in [5.74, 6) is 0. The lowest BCUT2D eigenvalue weighted by Gasteiger charge is -2.23. The van der Waals surface area contributed by atoms with Gasteiger partial charge in [-0.3, -0.25) is 0 Å². The average Bonchev–Trinajstić information content (AvgIpc) is 2.65. The predicted molar refractivity (Wildman–Crippen MR) is 68.8 cm³/mol. The van der Waals surface area contributed by atoms with Crippen LogP contribution in [0.25, 0.3) is 0 Å². The average molecular weight is 242 g/mol. The van der Waals surface area contributed by atoms with Gasteiger partial charge in [0, 0.05) is 23.8 Å². The van der Waals surface area contributed by atoms with Gasteiger partial charge in [0.05, 0.1) is 16.3 Å². The molecule has 0 aliphatic rings. The Kier molecular flexibility index (Phi) is 4.10. The number of nitrogens with zero attached hydrogens (tertiary/aromatic N) is 1. The first-order chi connectivity index (χ1) is 7.30. The standard InChI is InChI=1S/C12H22N2OS/c1-5-12(15,8-13)6-10-14-9(7-16-10)11(2,3)4/h7,15H,5-6,8,13H2,1-4H3. The van der Waals surface area contributed by atoms with Gasteiger partial charge in [-0.1, -0.05) is 27.7 Å². The van der Waals surface area contributed by atoms with E-state index in [4.69, 9.17) is 5.73 Å². The fourth-order valence-corrected chi connectivity index (χ4v) is 2.52. The van der Waals surface area contributed by atoms with Crippen LogP contribution in [0.15, 0.2) is 5.38 Å². The smallest absolute Gasteiger partial charge is 0.0957 e. The number of rotatable bonds is 4. The third-order valence-electron chi connectivity index (χ3n) is 2.84. The van der Waals surface area contributed by atoms with Crippen LogP contribution in [0.4, 0.5) is 0 Å². The second-order valence-electron chi connectivity index (χ2n) is 5.34. The van der Waals surface area contributed by atoms with E-state index in [9.17, 15) is 5.11 Å². The van der Waals surface area contributed by atoms with Crippen molar-refractivity contribution in [2.45, 2.75) is 51.6 Å². The van der Waals surface area contributed by atoms with Crippen molar-refractivity contribution >= 4 is 11.3 Å². The van der Waals surface area contributed by atoms with Crippen molar-refractivity contribution in [1.82, 2.24) is 4.98 Å². The number of aromatic nitrogens is 1. The van der Waals surface area contributed by atoms with Crippen molar-refractivity contribution in [2.75, 3.05) is 6.54 Å². The van der Waals surface area contributed by atoms with Crippen LogP contribution < -0.4 is 5.73 Å². The molecule has 3 nitrogen and oxygen atoms in total. The van der Waals surface area contributed by atoms with Gasteiger partial charge in [-0.25, -0.2) is 4.98 Å². The van der Waals surface area contributed by atoms with Crippen LogP contribution in [0.5, 0.6) is 0 Å². The molecule has 3 N–H and O–H groups in total. The highest BCUT2D eigenvalue weighted by Crippen LogP contribution is 2.26. The van der Waals surface area contributed by atoms with Gasteiger partial charge in [0.1, 0.15) is 0 Å². The Bertz CT molecular complexity index is 337. The number of nitrogens with two attached hydrogens (primary N) is 1. The van der Waals surface area contributed by atoms with Gasteiger partial charge in [0.15, 0.2) is 0 Å². The molecule has 1 rings (SSSR count). The van der Waals surface area contributed by atoms with Gasteiger partial charge in [-0.05, 0) is 6.42 Å². The van der Waals surface area contributed by atoms with Crippen LogP contribution in [0.2, 0.25) is 0 Å². The van der Waals surface area contributed by atoms with Crippen LogP contribution in [-0.4, -0.2) is 22.2 Å². The Hall–Kier alpha value is -0.450. The van der Waals surface area contributed by atoms with Gasteiger partial charge in [-0.15, -0.1) is 11.3 Å². The van der Waals surface area contributed by atoms with E-state index in [-0.39, 0.29) is 12.0 Å². The minimum Gasteiger partial charge on any atom is -0.388 e. The van der Waals surface area contributed by atoms with E-state index >= 15 is 0 Å². The fraction of sp³-hybridized carbons (Fsp3) is 0.750. The quantitative estimate of drug-likeness (QED) is 0.850. The van der Waals surface area contributed by atoms with Crippen molar-refractivity contribution in [2.24, 2.45) is 5.73 Å². The SMILES string of the molecule is CCC(O)(CN)Cc1nc(C(C)(C)C)cs1. The lowest BCUT2D eigenvalue weighted by Crippen LogP contribution is -2.39. The fourth-order valence-electron chi connectivity index (χ4n) is 1.36. The minimum atomic E-state index is -0.799. The van der Waals surface area contributed by atoms with E-state index in [2.05, 4.69) is 31.1 Å². The molecule has 0 fully saturated rings. The highest BCUT2D eigenvalue weighted by molar-refractivity contribution is 7.09. The lowest BCUT2D eigenvalue weighted by atomic mass is 9.93. The zero-order chi connectivity index (χ0) is 12.4. The van der Waals surface area contributed by atoms with Crippen LogP contribution in [0, 0.1) is 0 Å². The van der Waals surface area contributed by atoms with Crippen molar-refractivity contribution in [3.05, 3.63) is 16.1 Å². The Morgan fingerprint density at radius 3 is 2.44 bits per heavy atom. The molecule has 0 aliphatic carbocycles. The van der Waals surface area contributed by atoms with Crippen LogP contribution in [0.1, 0.15) is 44.8 Å². The zero-order valence-corrected chi connectivity index (χ0v) is 11.4. The highest BCUT2D eigenvalue weighted by Gasteiger charge is 2.26. The summed E-state index contributed by atoms with van der Waals surface area (Å²) in [5.41, 5.74) is 5.94. The maximum Gasteiger partial charge on any atom is 0.0957 e. The van der Waals surface area contributed by atoms with Crippen LogP contribution >= 0.6 is 11.3 Å². The largest absolute Gasteiger partial charge is 0.388 e. The van der Waals surface area contributed by atoms with E-state index in [1.54, 1.807) is 11.3 Å². The molecule has 0 aromatic carbocycles. The highest BCUT2D eigenvalue weighted by atomic mass is 32.1. The molecule has 16 heavy (non-hydrogen) atoms. The summed E-state index contributed by atoms with van der Waals surface area (Å²) in [6, 6.07) is 0. The summed E-state index contributed by atoms with van der Waals surface area (Å²) in [7, 11) is 0. The van der Waals surface area contributed by atoms with Gasteiger partial charge < -0.3 is 10.8 Å². The van der Waals surface area contributed by atoms with Crippen molar-refractivity contribution in [1.29, 1.82) is 0 Å². The lowest BCUT2D eigenvalue weighted by molar-refractivity contribution is 0.0455. The number of hydrogen-bond donors (Lipinski definition) is 2. The molecule has 92 valence electrons. The number of thiazole rings is 1. The predicted octanol–water partition coefficient (Wildman–Crippen LogP) is 2.08. The van der Waals surface area contributed by atoms with Crippen LogP contribution in [-0.2, 0) is 11.8 Å². The summed E-state index contributed by atoms with van der Waals surface area (Å²) >= 11 is 1.61. The third-order valence-corrected chi connectivity index (χ3v) is 3.69. The summed E-state index contributed by atoms with van der Waals surface area (Å²) in [4.78, 5) is 4.57. The Balaban J connectivity index is 2.80. The number of hydrogen-bond acceptors (Lipinski definition) is 4. The molecule has 0 amide bonds. The van der Waals surface area contributed by atoms with E-state index in [0.29, 0.717) is 12.8 Å². The molecule has 0 bridgehead atoms. The van der Waals surface area contributed by atoms with Crippen molar-refractivity contribution in [3.8, 4) is 0 Å². The third kappa shape index (κ3) is 3.27. The topological polar surface area (TPSA) is 59.1 Å². The molecule has 0 saturated heterocycles. The summed E-state index contributed by atoms with van der Waals surface area (Å²) in [6.07, 6.45) is 1.22. The van der Waals surface area contributed by atoms with E-state index in [1.807, 2.05) is 6.92 Å². The normalized spacial score (nSPS) is 16.1. The molecule has 1 aromatic rings. The second kappa shape index (κ2) is 4.82. The molecule has 0 saturated carbocycles. The molecular weight excluding hydrogens is 220 g/mol.